The summed E-state index contributed by atoms with van der Waals surface area (Å²) >= 11 is 0. The first-order chi connectivity index (χ1) is 8.66. The molecule has 104 valence electrons. The van der Waals surface area contributed by atoms with E-state index in [0.29, 0.717) is 5.75 Å². The van der Waals surface area contributed by atoms with Crippen LogP contribution in [0.15, 0.2) is 54.6 Å². The van der Waals surface area contributed by atoms with Crippen molar-refractivity contribution in [1.82, 2.24) is 0 Å². The molecule has 2 rings (SSSR count). The first kappa shape index (κ1) is 18.9. The first-order valence-electron chi connectivity index (χ1n) is 5.72. The zero-order valence-corrected chi connectivity index (χ0v) is 13.5. The van der Waals surface area contributed by atoms with Crippen molar-refractivity contribution in [1.29, 1.82) is 0 Å². The summed E-state index contributed by atoms with van der Waals surface area (Å²) in [5.41, 5.74) is 0.732. The van der Waals surface area contributed by atoms with Gasteiger partial charge in [0.25, 0.3) is 0 Å². The molecule has 0 saturated carbocycles. The zero-order valence-electron chi connectivity index (χ0n) is 13.2. The van der Waals surface area contributed by atoms with Crippen molar-refractivity contribution in [3.8, 4) is 11.5 Å². The van der Waals surface area contributed by atoms with Crippen molar-refractivity contribution in [2.24, 2.45) is 0 Å². The third kappa shape index (κ3) is 5.13. The van der Waals surface area contributed by atoms with Crippen LogP contribution in [-0.4, -0.2) is 54.3 Å². The summed E-state index contributed by atoms with van der Waals surface area (Å²) in [6.07, 6.45) is 0. The van der Waals surface area contributed by atoms with E-state index in [2.05, 4.69) is 0 Å². The monoisotopic (exact) mass is 302 g/mol. The van der Waals surface area contributed by atoms with E-state index >= 15 is 0 Å². The van der Waals surface area contributed by atoms with E-state index in [9.17, 15) is 4.79 Å². The Hall–Kier alpha value is -1.07. The summed E-state index contributed by atoms with van der Waals surface area (Å²) < 4.78 is 5.66. The first-order valence-corrected chi connectivity index (χ1v) is 5.72. The molecular formula is C15H18CaO4. The van der Waals surface area contributed by atoms with Crippen LogP contribution in [-0.2, 0) is 4.79 Å². The van der Waals surface area contributed by atoms with Crippen molar-refractivity contribution in [3.05, 3.63) is 60.2 Å². The van der Waals surface area contributed by atoms with Crippen LogP contribution < -0.4 is 4.74 Å². The third-order valence-electron chi connectivity index (χ3n) is 2.71. The second-order valence-corrected chi connectivity index (χ2v) is 4.05. The Balaban J connectivity index is -0.000000902. The quantitative estimate of drug-likeness (QED) is 0.882. The molecule has 0 saturated heterocycles. The second kappa shape index (κ2) is 8.97. The largest absolute Gasteiger partial charge is 2.00 e. The summed E-state index contributed by atoms with van der Waals surface area (Å²) in [6.45, 7) is 1.66. The van der Waals surface area contributed by atoms with Crippen LogP contribution in [0.4, 0.5) is 0 Å². The maximum Gasteiger partial charge on any atom is 2.00 e. The maximum absolute atomic E-state index is 10.9. The van der Waals surface area contributed by atoms with Crippen molar-refractivity contribution < 1.29 is 23.0 Å². The van der Waals surface area contributed by atoms with Gasteiger partial charge in [-0.2, -0.15) is 0 Å². The fourth-order valence-corrected chi connectivity index (χ4v) is 1.61. The van der Waals surface area contributed by atoms with Gasteiger partial charge in [-0.05, 0) is 36.8 Å². The van der Waals surface area contributed by atoms with Gasteiger partial charge in [0.15, 0.2) is 0 Å². The summed E-state index contributed by atoms with van der Waals surface area (Å²) in [5.74, 6) is 0.000567. The Morgan fingerprint density at radius 1 is 1.10 bits per heavy atom. The molecule has 0 spiro atoms. The van der Waals surface area contributed by atoms with Crippen molar-refractivity contribution in [3.63, 3.8) is 0 Å². The Kier molecular flexibility index (Phi) is 8.49. The molecule has 0 aliphatic carbocycles. The van der Waals surface area contributed by atoms with E-state index < -0.39 is 11.9 Å². The van der Waals surface area contributed by atoms with Gasteiger partial charge < -0.3 is 18.2 Å². The number of hydrogen-bond acceptors (Lipinski definition) is 2. The van der Waals surface area contributed by atoms with E-state index in [1.165, 1.54) is 0 Å². The van der Waals surface area contributed by atoms with E-state index in [1.54, 1.807) is 25.1 Å². The molecule has 0 aromatic heterocycles. The molecule has 5 heteroatoms. The molecule has 0 aliphatic heterocycles. The molecule has 2 aromatic carbocycles. The van der Waals surface area contributed by atoms with E-state index in [1.807, 2.05) is 36.4 Å². The number of carboxylic acids is 1. The molecule has 0 aliphatic rings. The van der Waals surface area contributed by atoms with Gasteiger partial charge in [-0.1, -0.05) is 30.3 Å². The number of benzene rings is 2. The Morgan fingerprint density at radius 3 is 2.30 bits per heavy atom. The summed E-state index contributed by atoms with van der Waals surface area (Å²) in [7, 11) is 0. The van der Waals surface area contributed by atoms with Crippen LogP contribution >= 0.6 is 0 Å². The molecular weight excluding hydrogens is 284 g/mol. The van der Waals surface area contributed by atoms with Crippen LogP contribution in [0.25, 0.3) is 0 Å². The van der Waals surface area contributed by atoms with Gasteiger partial charge in [0.1, 0.15) is 11.5 Å². The van der Waals surface area contributed by atoms with Crippen LogP contribution in [0, 0.1) is 0 Å². The number of carbonyl (C=O) groups is 1. The average molecular weight is 302 g/mol. The second-order valence-electron chi connectivity index (χ2n) is 4.05. The normalized spacial score (nSPS) is 10.7. The van der Waals surface area contributed by atoms with E-state index in [0.717, 1.165) is 11.3 Å². The Bertz CT molecular complexity index is 552. The summed E-state index contributed by atoms with van der Waals surface area (Å²) in [6, 6.07) is 16.6. The van der Waals surface area contributed by atoms with E-state index in [-0.39, 0.29) is 46.1 Å². The molecule has 3 N–H and O–H groups in total. The Labute approximate surface area is 150 Å². The SMILES string of the molecule is CC(C(=O)O)c1cccc(Oc2ccccc2)c1.O.[Ca+2].[H-].[H-]. The number of hydrogen-bond donors (Lipinski definition) is 1. The van der Waals surface area contributed by atoms with Gasteiger partial charge in [0, 0.05) is 0 Å². The predicted octanol–water partition coefficient (Wildman–Crippen LogP) is 2.69. The van der Waals surface area contributed by atoms with Crippen LogP contribution in [0.3, 0.4) is 0 Å². The van der Waals surface area contributed by atoms with Crippen molar-refractivity contribution in [2.75, 3.05) is 0 Å². The van der Waals surface area contributed by atoms with Crippen LogP contribution in [0.5, 0.6) is 11.5 Å². The van der Waals surface area contributed by atoms with Crippen LogP contribution in [0.1, 0.15) is 21.3 Å². The van der Waals surface area contributed by atoms with Crippen LogP contribution in [0.2, 0.25) is 0 Å². The molecule has 1 atom stereocenters. The standard InChI is InChI=1S/C15H14O3.Ca.H2O.2H/c1-11(15(16)17)12-6-5-9-14(10-12)18-13-7-3-2-4-8-13;;;;/h2-11H,1H3,(H,16,17);;1H2;;/q;+2;;2*-1. The van der Waals surface area contributed by atoms with Gasteiger partial charge in [0.05, 0.1) is 5.92 Å². The molecule has 0 heterocycles. The number of aliphatic carboxylic acids is 1. The number of carboxylic acid groups (broad SMARTS) is 1. The molecule has 0 fully saturated rings. The molecule has 0 radical (unpaired) electrons. The summed E-state index contributed by atoms with van der Waals surface area (Å²) in [5, 5.41) is 8.98. The zero-order chi connectivity index (χ0) is 13.0. The number of rotatable bonds is 4. The minimum atomic E-state index is -0.841. The van der Waals surface area contributed by atoms with Crippen molar-refractivity contribution >= 4 is 43.7 Å². The third-order valence-corrected chi connectivity index (χ3v) is 2.71. The topological polar surface area (TPSA) is 78.0 Å². The molecule has 0 amide bonds. The summed E-state index contributed by atoms with van der Waals surface area (Å²) in [4.78, 5) is 10.9. The van der Waals surface area contributed by atoms with Gasteiger partial charge in [0.2, 0.25) is 0 Å². The fourth-order valence-electron chi connectivity index (χ4n) is 1.61. The molecule has 2 aromatic rings. The maximum atomic E-state index is 10.9. The smallest absolute Gasteiger partial charge is 1.00 e. The molecule has 4 nitrogen and oxygen atoms in total. The Morgan fingerprint density at radius 2 is 1.70 bits per heavy atom. The average Bonchev–Trinajstić information content (AvgIpc) is 2.39. The molecule has 1 unspecified atom stereocenters. The number of para-hydroxylation sites is 1. The van der Waals surface area contributed by atoms with Gasteiger partial charge in [-0.25, -0.2) is 0 Å². The van der Waals surface area contributed by atoms with Crippen molar-refractivity contribution in [2.45, 2.75) is 12.8 Å². The fraction of sp³-hybridized carbons (Fsp3) is 0.133. The minimum Gasteiger partial charge on any atom is -1.00 e. The van der Waals surface area contributed by atoms with Gasteiger partial charge >= 0.3 is 43.7 Å². The van der Waals surface area contributed by atoms with E-state index in [4.69, 9.17) is 9.84 Å². The predicted molar refractivity (Wildman–Crippen MR) is 80.6 cm³/mol. The molecule has 20 heavy (non-hydrogen) atoms. The van der Waals surface area contributed by atoms with Gasteiger partial charge in [-0.15, -0.1) is 0 Å². The minimum absolute atomic E-state index is 0. The molecule has 0 bridgehead atoms. The number of ether oxygens (including phenoxy) is 1. The van der Waals surface area contributed by atoms with Gasteiger partial charge in [-0.3, -0.25) is 4.79 Å².